The van der Waals surface area contributed by atoms with E-state index in [4.69, 9.17) is 15.2 Å². The van der Waals surface area contributed by atoms with E-state index in [0.29, 0.717) is 26.1 Å². The highest BCUT2D eigenvalue weighted by Crippen LogP contribution is 2.26. The Hall–Kier alpha value is -2.08. The number of carbonyl (C=O) groups is 1. The Kier molecular flexibility index (Phi) is 10.2. The van der Waals surface area contributed by atoms with Gasteiger partial charge < -0.3 is 20.1 Å². The van der Waals surface area contributed by atoms with Gasteiger partial charge in [0.25, 0.3) is 0 Å². The number of benzene rings is 2. The first kappa shape index (κ1) is 25.0. The normalized spacial score (nSPS) is 11.5. The van der Waals surface area contributed by atoms with Crippen LogP contribution in [-0.4, -0.2) is 37.6 Å². The molecule has 2 N–H and O–H groups in total. The fourth-order valence-corrected chi connectivity index (χ4v) is 3.29. The second-order valence-corrected chi connectivity index (χ2v) is 7.38. The summed E-state index contributed by atoms with van der Waals surface area (Å²) in [6, 6.07) is 12.5. The van der Waals surface area contributed by atoms with Crippen LogP contribution in [0.4, 0.5) is 0 Å². The summed E-state index contributed by atoms with van der Waals surface area (Å²) in [7, 11) is 3.38. The molecular weight excluding hydrogens is 388 g/mol. The van der Waals surface area contributed by atoms with E-state index < -0.39 is 0 Å². The molecule has 0 saturated heterocycles. The van der Waals surface area contributed by atoms with Gasteiger partial charge in [-0.1, -0.05) is 42.0 Å². The number of carbonyl (C=O) groups excluding carboxylic acids is 1. The molecule has 0 saturated carbocycles. The Morgan fingerprint density at radius 1 is 1.10 bits per heavy atom. The van der Waals surface area contributed by atoms with Crippen LogP contribution in [0.5, 0.6) is 5.75 Å². The maximum atomic E-state index is 12.4. The van der Waals surface area contributed by atoms with Crippen molar-refractivity contribution in [3.05, 3.63) is 64.2 Å². The van der Waals surface area contributed by atoms with Crippen molar-refractivity contribution in [1.29, 1.82) is 0 Å². The van der Waals surface area contributed by atoms with E-state index in [1.165, 1.54) is 5.56 Å². The molecule has 0 spiro atoms. The zero-order valence-corrected chi connectivity index (χ0v) is 18.8. The van der Waals surface area contributed by atoms with Crippen molar-refractivity contribution in [3.63, 3.8) is 0 Å². The number of nitrogens with two attached hydrogens (primary N) is 1. The van der Waals surface area contributed by atoms with Crippen LogP contribution in [0.1, 0.15) is 34.2 Å². The molecule has 0 radical (unpaired) electrons. The number of hydrogen-bond donors (Lipinski definition) is 1. The average molecular weight is 421 g/mol. The summed E-state index contributed by atoms with van der Waals surface area (Å²) in [5, 5.41) is 0. The lowest BCUT2D eigenvalue weighted by atomic mass is 10.0. The van der Waals surface area contributed by atoms with Gasteiger partial charge in [-0.25, -0.2) is 0 Å². The largest absolute Gasteiger partial charge is 0.488 e. The monoisotopic (exact) mass is 420 g/mol. The van der Waals surface area contributed by atoms with E-state index >= 15 is 0 Å². The van der Waals surface area contributed by atoms with Crippen molar-refractivity contribution in [2.75, 3.05) is 20.7 Å². The van der Waals surface area contributed by atoms with Crippen LogP contribution >= 0.6 is 12.4 Å². The van der Waals surface area contributed by atoms with E-state index in [-0.39, 0.29) is 24.4 Å². The molecule has 29 heavy (non-hydrogen) atoms. The van der Waals surface area contributed by atoms with Crippen LogP contribution < -0.4 is 10.5 Å². The molecule has 0 heterocycles. The molecule has 2 rings (SSSR count). The summed E-state index contributed by atoms with van der Waals surface area (Å²) in [5.41, 5.74) is 11.2. The third kappa shape index (κ3) is 7.35. The first-order valence-corrected chi connectivity index (χ1v) is 9.59. The number of halogens is 1. The van der Waals surface area contributed by atoms with E-state index in [1.807, 2.05) is 19.9 Å². The van der Waals surface area contributed by atoms with E-state index in [0.717, 1.165) is 28.0 Å². The third-order valence-electron chi connectivity index (χ3n) is 4.83. The van der Waals surface area contributed by atoms with Crippen molar-refractivity contribution in [2.24, 2.45) is 5.73 Å². The van der Waals surface area contributed by atoms with Gasteiger partial charge in [0.05, 0.1) is 12.5 Å². The van der Waals surface area contributed by atoms with Crippen LogP contribution in [0.15, 0.2) is 36.4 Å². The van der Waals surface area contributed by atoms with E-state index in [2.05, 4.69) is 37.3 Å². The van der Waals surface area contributed by atoms with Gasteiger partial charge in [-0.15, -0.1) is 12.4 Å². The Bertz CT molecular complexity index is 783. The zero-order valence-electron chi connectivity index (χ0n) is 18.0. The zero-order chi connectivity index (χ0) is 20.7. The Morgan fingerprint density at radius 3 is 2.31 bits per heavy atom. The minimum absolute atomic E-state index is 0. The number of hydrogen-bond acceptors (Lipinski definition) is 4. The summed E-state index contributed by atoms with van der Waals surface area (Å²) in [5.74, 6) is 0.925. The number of nitrogens with zero attached hydrogens (tertiary/aromatic N) is 1. The molecule has 2 aromatic rings. The molecule has 0 aromatic heterocycles. The molecule has 5 nitrogen and oxygen atoms in total. The van der Waals surface area contributed by atoms with Crippen LogP contribution in [0, 0.1) is 20.8 Å². The van der Waals surface area contributed by atoms with Crippen molar-refractivity contribution in [3.8, 4) is 5.75 Å². The van der Waals surface area contributed by atoms with E-state index in [1.54, 1.807) is 19.1 Å². The SMILES string of the molecule is COC(CN)CC(=O)N(C)Cc1cc(C)c(OCc2cccc(C)c2)c(C)c1.Cl. The maximum absolute atomic E-state index is 12.4. The second-order valence-electron chi connectivity index (χ2n) is 7.38. The molecule has 1 atom stereocenters. The highest BCUT2D eigenvalue weighted by atomic mass is 35.5. The first-order valence-electron chi connectivity index (χ1n) is 9.59. The van der Waals surface area contributed by atoms with Crippen molar-refractivity contribution >= 4 is 18.3 Å². The Balaban J connectivity index is 0.00000420. The summed E-state index contributed by atoms with van der Waals surface area (Å²) in [6.07, 6.45) is 0.0508. The van der Waals surface area contributed by atoms with Gasteiger partial charge in [-0.2, -0.15) is 0 Å². The topological polar surface area (TPSA) is 64.8 Å². The number of methoxy groups -OCH3 is 1. The molecule has 6 heteroatoms. The predicted octanol–water partition coefficient (Wildman–Crippen LogP) is 3.93. The standard InChI is InChI=1S/C23H32N2O3.ClH/c1-16-7-6-8-19(9-16)15-28-23-17(2)10-20(11-18(23)3)14-25(4)22(26)12-21(13-24)27-5;/h6-11,21H,12-15,24H2,1-5H3;1H. The fraction of sp³-hybridized carbons (Fsp3) is 0.435. The first-order chi connectivity index (χ1) is 13.3. The predicted molar refractivity (Wildman–Crippen MR) is 120 cm³/mol. The minimum atomic E-state index is -0.240. The van der Waals surface area contributed by atoms with Gasteiger partial charge in [-0.3, -0.25) is 4.79 Å². The number of ether oxygens (including phenoxy) is 2. The fourth-order valence-electron chi connectivity index (χ4n) is 3.29. The molecule has 1 amide bonds. The lowest BCUT2D eigenvalue weighted by molar-refractivity contribution is -0.132. The van der Waals surface area contributed by atoms with Crippen molar-refractivity contribution in [2.45, 2.75) is 46.4 Å². The Labute approximate surface area is 180 Å². The van der Waals surface area contributed by atoms with Crippen LogP contribution in [0.3, 0.4) is 0 Å². The van der Waals surface area contributed by atoms with Gasteiger partial charge in [0, 0.05) is 27.2 Å². The summed E-state index contributed by atoms with van der Waals surface area (Å²) >= 11 is 0. The quantitative estimate of drug-likeness (QED) is 0.667. The lowest BCUT2D eigenvalue weighted by Gasteiger charge is -2.21. The van der Waals surface area contributed by atoms with Crippen LogP contribution in [0.2, 0.25) is 0 Å². The summed E-state index contributed by atoms with van der Waals surface area (Å²) < 4.78 is 11.3. The highest BCUT2D eigenvalue weighted by Gasteiger charge is 2.16. The number of amides is 1. The highest BCUT2D eigenvalue weighted by molar-refractivity contribution is 5.85. The van der Waals surface area contributed by atoms with Gasteiger partial charge >= 0.3 is 0 Å². The molecule has 0 aliphatic rings. The van der Waals surface area contributed by atoms with Gasteiger partial charge in [-0.05, 0) is 43.0 Å². The molecule has 0 bridgehead atoms. The lowest BCUT2D eigenvalue weighted by Crippen LogP contribution is -2.33. The summed E-state index contributed by atoms with van der Waals surface area (Å²) in [6.45, 7) is 7.58. The van der Waals surface area contributed by atoms with Gasteiger partial charge in [0.2, 0.25) is 5.91 Å². The Morgan fingerprint density at radius 2 is 1.76 bits per heavy atom. The molecule has 160 valence electrons. The van der Waals surface area contributed by atoms with Crippen LogP contribution in [0.25, 0.3) is 0 Å². The maximum Gasteiger partial charge on any atom is 0.225 e. The van der Waals surface area contributed by atoms with E-state index in [9.17, 15) is 4.79 Å². The molecule has 1 unspecified atom stereocenters. The summed E-state index contributed by atoms with van der Waals surface area (Å²) in [4.78, 5) is 14.1. The van der Waals surface area contributed by atoms with Crippen molar-refractivity contribution in [1.82, 2.24) is 4.90 Å². The molecule has 0 aliphatic heterocycles. The molecule has 2 aromatic carbocycles. The number of rotatable bonds is 9. The van der Waals surface area contributed by atoms with Crippen LogP contribution in [-0.2, 0) is 22.7 Å². The third-order valence-corrected chi connectivity index (χ3v) is 4.83. The second kappa shape index (κ2) is 11.8. The molecular formula is C23H33ClN2O3. The van der Waals surface area contributed by atoms with Crippen molar-refractivity contribution < 1.29 is 14.3 Å². The minimum Gasteiger partial charge on any atom is -0.488 e. The number of aryl methyl sites for hydroxylation is 3. The molecule has 0 fully saturated rings. The van der Waals surface area contributed by atoms with Gasteiger partial charge in [0.1, 0.15) is 12.4 Å². The molecule has 0 aliphatic carbocycles. The average Bonchev–Trinajstić information content (AvgIpc) is 2.65. The smallest absolute Gasteiger partial charge is 0.225 e. The van der Waals surface area contributed by atoms with Gasteiger partial charge in [0.15, 0.2) is 0 Å².